The molecule has 1 saturated carbocycles. The Labute approximate surface area is 237 Å². The van der Waals surface area contributed by atoms with Gasteiger partial charge in [-0.2, -0.15) is 0 Å². The van der Waals surface area contributed by atoms with E-state index in [1.807, 2.05) is 0 Å². The zero-order chi connectivity index (χ0) is 29.5. The van der Waals surface area contributed by atoms with Crippen LogP contribution in [0.3, 0.4) is 0 Å². The molecule has 15 nitrogen and oxygen atoms in total. The summed E-state index contributed by atoms with van der Waals surface area (Å²) >= 11 is 0.952. The van der Waals surface area contributed by atoms with Gasteiger partial charge in [-0.3, -0.25) is 28.7 Å². The number of aliphatic hydroxyl groups is 1. The number of rotatable bonds is 14. The Bertz CT molecular complexity index is 1100. The number of nitrogens with one attached hydrogen (secondary N) is 4. The predicted molar refractivity (Wildman–Crippen MR) is 148 cm³/mol. The van der Waals surface area contributed by atoms with E-state index >= 15 is 0 Å². The van der Waals surface area contributed by atoms with Crippen molar-refractivity contribution < 1.29 is 38.0 Å². The van der Waals surface area contributed by atoms with Crippen molar-refractivity contribution >= 4 is 42.3 Å². The molecule has 40 heavy (non-hydrogen) atoms. The summed E-state index contributed by atoms with van der Waals surface area (Å²) in [5.41, 5.74) is 5.57. The number of aliphatic hydroxyl groups excluding tert-OH is 1. The molecule has 0 spiro atoms. The number of nitrogens with zero attached hydrogens (tertiary/aromatic N) is 2. The molecule has 1 aliphatic carbocycles. The van der Waals surface area contributed by atoms with Gasteiger partial charge >= 0.3 is 7.82 Å². The smallest absolute Gasteiger partial charge is 0.383 e. The second kappa shape index (κ2) is 14.2. The van der Waals surface area contributed by atoms with Gasteiger partial charge in [-0.1, -0.05) is 25.6 Å². The molecule has 0 bridgehead atoms. The van der Waals surface area contributed by atoms with Crippen molar-refractivity contribution in [2.75, 3.05) is 37.6 Å². The van der Waals surface area contributed by atoms with Crippen LogP contribution in [0.25, 0.3) is 0 Å². The topological polar surface area (TPSA) is 219 Å². The maximum absolute atomic E-state index is 12.5. The molecule has 8 N–H and O–H groups in total. The van der Waals surface area contributed by atoms with Crippen LogP contribution in [0.1, 0.15) is 64.4 Å². The number of hydrogen-bond acceptors (Lipinski definition) is 12. The SMILES string of the molecule is CC(=O)SCNC(=O)CCNC(=O)C(O)C(C)(C)COP(=O)(O)OCC1CCC(n2cnc3c2NCNC3N)C1. The van der Waals surface area contributed by atoms with Gasteiger partial charge in [-0.15, -0.1) is 0 Å². The summed E-state index contributed by atoms with van der Waals surface area (Å²) in [5.74, 6) is -0.0637. The average Bonchev–Trinajstić information content (AvgIpc) is 3.53. The zero-order valence-corrected chi connectivity index (χ0v) is 24.6. The van der Waals surface area contributed by atoms with Gasteiger partial charge in [0.15, 0.2) is 5.12 Å². The molecule has 226 valence electrons. The van der Waals surface area contributed by atoms with Gasteiger partial charge in [0.2, 0.25) is 11.8 Å². The highest BCUT2D eigenvalue weighted by Crippen LogP contribution is 2.47. The molecule has 3 rings (SSSR count). The first-order valence-corrected chi connectivity index (χ1v) is 15.5. The van der Waals surface area contributed by atoms with Gasteiger partial charge in [0.25, 0.3) is 0 Å². The Balaban J connectivity index is 1.38. The zero-order valence-electron chi connectivity index (χ0n) is 22.9. The highest BCUT2D eigenvalue weighted by Gasteiger charge is 2.38. The molecule has 17 heteroatoms. The van der Waals surface area contributed by atoms with Crippen molar-refractivity contribution in [3.8, 4) is 0 Å². The Hall–Kier alpha value is -2.04. The maximum atomic E-state index is 12.5. The van der Waals surface area contributed by atoms with E-state index < -0.39 is 31.9 Å². The molecule has 0 aromatic carbocycles. The predicted octanol–water partition coefficient (Wildman–Crippen LogP) is 0.535. The minimum atomic E-state index is -4.45. The number of fused-ring (bicyclic) bond motifs is 1. The molecule has 1 aromatic rings. The lowest BCUT2D eigenvalue weighted by Crippen LogP contribution is -2.46. The summed E-state index contributed by atoms with van der Waals surface area (Å²) in [4.78, 5) is 49.6. The van der Waals surface area contributed by atoms with Crippen LogP contribution in [0.2, 0.25) is 0 Å². The van der Waals surface area contributed by atoms with E-state index in [4.69, 9.17) is 14.8 Å². The summed E-state index contributed by atoms with van der Waals surface area (Å²) in [7, 11) is -4.45. The third-order valence-electron chi connectivity index (χ3n) is 6.86. The van der Waals surface area contributed by atoms with E-state index in [1.165, 1.54) is 20.8 Å². The van der Waals surface area contributed by atoms with Crippen LogP contribution in [-0.2, 0) is 28.0 Å². The largest absolute Gasteiger partial charge is 0.472 e. The van der Waals surface area contributed by atoms with Crippen molar-refractivity contribution in [2.24, 2.45) is 17.1 Å². The standard InChI is InChI=1S/C23H40N7O8PS/c1-14(31)40-13-29-17(32)6-7-25-22(34)19(33)23(2,3)10-38-39(35,36)37-9-15-4-5-16(8-15)30-12-28-18-20(24)26-11-27-21(18)30/h12,15-16,19-20,26-27,33H,4-11,13,24H2,1-3H3,(H,25,34)(H,29,32)(H,35,36). The number of phosphoric ester groups is 1. The Morgan fingerprint density at radius 3 is 2.80 bits per heavy atom. The van der Waals surface area contributed by atoms with Crippen LogP contribution in [0.4, 0.5) is 5.82 Å². The highest BCUT2D eigenvalue weighted by molar-refractivity contribution is 8.13. The minimum Gasteiger partial charge on any atom is -0.383 e. The van der Waals surface area contributed by atoms with Crippen LogP contribution in [-0.4, -0.2) is 74.9 Å². The number of hydrogen-bond donors (Lipinski definition) is 7. The van der Waals surface area contributed by atoms with Gasteiger partial charge in [-0.25, -0.2) is 9.55 Å². The molecule has 0 saturated heterocycles. The molecule has 2 aliphatic rings. The molecular formula is C23H40N7O8PS. The van der Waals surface area contributed by atoms with Gasteiger partial charge in [0.1, 0.15) is 23.8 Å². The van der Waals surface area contributed by atoms with Crippen LogP contribution in [0.5, 0.6) is 0 Å². The number of amides is 2. The fourth-order valence-electron chi connectivity index (χ4n) is 4.48. The highest BCUT2D eigenvalue weighted by atomic mass is 32.2. The monoisotopic (exact) mass is 605 g/mol. The minimum absolute atomic E-state index is 0.0200. The van der Waals surface area contributed by atoms with Crippen LogP contribution in [0, 0.1) is 11.3 Å². The van der Waals surface area contributed by atoms with Gasteiger partial charge in [0.05, 0.1) is 32.1 Å². The van der Waals surface area contributed by atoms with E-state index in [9.17, 15) is 28.9 Å². The molecule has 1 fully saturated rings. The number of carbonyl (C=O) groups is 3. The first-order chi connectivity index (χ1) is 18.8. The quantitative estimate of drug-likeness (QED) is 0.114. The summed E-state index contributed by atoms with van der Waals surface area (Å²) in [5, 5.41) is 21.7. The van der Waals surface area contributed by atoms with E-state index in [1.54, 1.807) is 6.33 Å². The molecule has 2 amide bonds. The number of phosphoric acid groups is 1. The van der Waals surface area contributed by atoms with Crippen molar-refractivity contribution in [3.05, 3.63) is 12.0 Å². The second-order valence-corrected chi connectivity index (χ2v) is 13.2. The van der Waals surface area contributed by atoms with Crippen LogP contribution >= 0.6 is 19.6 Å². The molecule has 1 aliphatic heterocycles. The van der Waals surface area contributed by atoms with E-state index in [2.05, 4.69) is 30.8 Å². The summed E-state index contributed by atoms with van der Waals surface area (Å²) in [6, 6.07) is 0.153. The average molecular weight is 606 g/mol. The van der Waals surface area contributed by atoms with Crippen molar-refractivity contribution in [3.63, 3.8) is 0 Å². The van der Waals surface area contributed by atoms with Crippen molar-refractivity contribution in [1.82, 2.24) is 25.5 Å². The number of aromatic nitrogens is 2. The Morgan fingerprint density at radius 2 is 2.08 bits per heavy atom. The molecule has 0 radical (unpaired) electrons. The van der Waals surface area contributed by atoms with E-state index in [0.717, 1.165) is 42.5 Å². The molecule has 2 heterocycles. The summed E-state index contributed by atoms with van der Waals surface area (Å²) in [6.45, 7) is 4.50. The lowest BCUT2D eigenvalue weighted by atomic mass is 9.87. The maximum Gasteiger partial charge on any atom is 0.472 e. The summed E-state index contributed by atoms with van der Waals surface area (Å²) < 4.78 is 25.0. The number of imidazole rings is 1. The third-order valence-corrected chi connectivity index (χ3v) is 8.49. The second-order valence-electron chi connectivity index (χ2n) is 10.6. The van der Waals surface area contributed by atoms with Gasteiger partial charge < -0.3 is 36.3 Å². The summed E-state index contributed by atoms with van der Waals surface area (Å²) in [6.07, 6.45) is 2.18. The molecular weight excluding hydrogens is 565 g/mol. The van der Waals surface area contributed by atoms with Crippen molar-refractivity contribution in [1.29, 1.82) is 0 Å². The third kappa shape index (κ3) is 9.24. The van der Waals surface area contributed by atoms with Crippen LogP contribution < -0.4 is 27.0 Å². The van der Waals surface area contributed by atoms with Gasteiger partial charge in [0, 0.05) is 31.3 Å². The Morgan fingerprint density at radius 1 is 1.32 bits per heavy atom. The number of anilines is 1. The van der Waals surface area contributed by atoms with Crippen LogP contribution in [0.15, 0.2) is 6.33 Å². The molecule has 5 atom stereocenters. The fourth-order valence-corrected chi connectivity index (χ4v) is 5.88. The molecule has 5 unspecified atom stereocenters. The normalized spacial score (nSPS) is 23.0. The fraction of sp³-hybridized carbons (Fsp3) is 0.739. The lowest BCUT2D eigenvalue weighted by Gasteiger charge is -2.30. The van der Waals surface area contributed by atoms with Crippen molar-refractivity contribution in [2.45, 2.75) is 64.8 Å². The number of nitrogens with two attached hydrogens (primary N) is 1. The molecule has 1 aromatic heterocycles. The van der Waals surface area contributed by atoms with E-state index in [-0.39, 0.29) is 54.6 Å². The lowest BCUT2D eigenvalue weighted by molar-refractivity contribution is -0.137. The Kier molecular flexibility index (Phi) is 11.6. The number of thioether (sulfide) groups is 1. The first kappa shape index (κ1) is 32.5. The first-order valence-electron chi connectivity index (χ1n) is 13.1. The number of carbonyl (C=O) groups excluding carboxylic acids is 3. The van der Waals surface area contributed by atoms with Gasteiger partial charge in [-0.05, 0) is 25.2 Å². The van der Waals surface area contributed by atoms with E-state index in [0.29, 0.717) is 6.67 Å².